The van der Waals surface area contributed by atoms with Crippen molar-refractivity contribution in [2.24, 2.45) is 0 Å². The zero-order chi connectivity index (χ0) is 15.1. The van der Waals surface area contributed by atoms with Crippen molar-refractivity contribution in [2.75, 3.05) is 11.9 Å². The summed E-state index contributed by atoms with van der Waals surface area (Å²) in [5.41, 5.74) is 2.45. The van der Waals surface area contributed by atoms with Crippen LogP contribution >= 0.6 is 0 Å². The van der Waals surface area contributed by atoms with Crippen LogP contribution in [0, 0.1) is 6.92 Å². The van der Waals surface area contributed by atoms with Crippen molar-refractivity contribution < 1.29 is 4.79 Å². The molecule has 0 spiro atoms. The molecule has 0 aliphatic carbocycles. The van der Waals surface area contributed by atoms with Crippen LogP contribution in [0.2, 0.25) is 0 Å². The Balaban J connectivity index is 2.03. The van der Waals surface area contributed by atoms with Crippen molar-refractivity contribution in [3.05, 3.63) is 47.8 Å². The van der Waals surface area contributed by atoms with Crippen LogP contribution in [0.4, 0.5) is 11.6 Å². The zero-order valence-corrected chi connectivity index (χ0v) is 12.4. The number of unbranched alkanes of at least 4 members (excludes halogenated alkanes) is 1. The molecule has 0 aliphatic rings. The van der Waals surface area contributed by atoms with Gasteiger partial charge in [0.2, 0.25) is 5.95 Å². The number of nitrogens with zero attached hydrogens (tertiary/aromatic N) is 2. The van der Waals surface area contributed by atoms with E-state index in [4.69, 9.17) is 0 Å². The first kappa shape index (κ1) is 15.0. The van der Waals surface area contributed by atoms with Gasteiger partial charge in [0.05, 0.1) is 0 Å². The minimum absolute atomic E-state index is 0.169. The molecule has 2 rings (SSSR count). The topological polar surface area (TPSA) is 66.9 Å². The monoisotopic (exact) mass is 284 g/mol. The van der Waals surface area contributed by atoms with Crippen LogP contribution in [0.15, 0.2) is 36.5 Å². The Hall–Kier alpha value is -2.43. The minimum Gasteiger partial charge on any atom is -0.351 e. The lowest BCUT2D eigenvalue weighted by Crippen LogP contribution is -2.25. The maximum atomic E-state index is 11.9. The fraction of sp³-hybridized carbons (Fsp3) is 0.312. The summed E-state index contributed by atoms with van der Waals surface area (Å²) < 4.78 is 0. The number of anilines is 2. The lowest BCUT2D eigenvalue weighted by Gasteiger charge is -2.07. The van der Waals surface area contributed by atoms with Gasteiger partial charge in [0.25, 0.3) is 5.91 Å². The summed E-state index contributed by atoms with van der Waals surface area (Å²) in [6.45, 7) is 4.78. The van der Waals surface area contributed by atoms with Crippen molar-refractivity contribution in [2.45, 2.75) is 26.7 Å². The Morgan fingerprint density at radius 1 is 1.19 bits per heavy atom. The number of nitrogens with one attached hydrogen (secondary N) is 2. The van der Waals surface area contributed by atoms with Crippen molar-refractivity contribution in [3.8, 4) is 0 Å². The number of carbonyl (C=O) groups excluding carboxylic acids is 1. The molecule has 2 N–H and O–H groups in total. The fourth-order valence-corrected chi connectivity index (χ4v) is 1.78. The highest BCUT2D eigenvalue weighted by atomic mass is 16.1. The van der Waals surface area contributed by atoms with E-state index in [0.29, 0.717) is 18.2 Å². The van der Waals surface area contributed by atoms with Crippen molar-refractivity contribution in [3.63, 3.8) is 0 Å². The normalized spacial score (nSPS) is 10.2. The molecular formula is C16H20N4O. The van der Waals surface area contributed by atoms with Gasteiger partial charge >= 0.3 is 0 Å². The number of aromatic nitrogens is 2. The lowest BCUT2D eigenvalue weighted by atomic mass is 10.2. The van der Waals surface area contributed by atoms with Gasteiger partial charge in [0.1, 0.15) is 5.69 Å². The lowest BCUT2D eigenvalue weighted by molar-refractivity contribution is 0.0948. The summed E-state index contributed by atoms with van der Waals surface area (Å²) in [7, 11) is 0. The van der Waals surface area contributed by atoms with E-state index in [1.807, 2.05) is 31.2 Å². The van der Waals surface area contributed by atoms with Gasteiger partial charge < -0.3 is 10.6 Å². The smallest absolute Gasteiger partial charge is 0.270 e. The number of benzene rings is 1. The maximum Gasteiger partial charge on any atom is 0.270 e. The second kappa shape index (κ2) is 7.38. The fourth-order valence-electron chi connectivity index (χ4n) is 1.78. The van der Waals surface area contributed by atoms with Gasteiger partial charge in [-0.05, 0) is 31.5 Å². The highest BCUT2D eigenvalue weighted by Gasteiger charge is 2.08. The van der Waals surface area contributed by atoms with Crippen molar-refractivity contribution >= 4 is 17.5 Å². The third-order valence-corrected chi connectivity index (χ3v) is 3.01. The number of rotatable bonds is 6. The van der Waals surface area contributed by atoms with Crippen LogP contribution in [0.5, 0.6) is 0 Å². The molecule has 0 saturated carbocycles. The Bertz CT molecular complexity index is 595. The van der Waals surface area contributed by atoms with E-state index in [0.717, 1.165) is 18.5 Å². The van der Waals surface area contributed by atoms with E-state index in [1.165, 1.54) is 5.56 Å². The molecule has 1 amide bonds. The van der Waals surface area contributed by atoms with E-state index >= 15 is 0 Å². The Kier molecular flexibility index (Phi) is 5.26. The predicted octanol–water partition coefficient (Wildman–Crippen LogP) is 3.06. The van der Waals surface area contributed by atoms with Gasteiger partial charge in [0.15, 0.2) is 0 Å². The highest BCUT2D eigenvalue weighted by molar-refractivity contribution is 5.92. The average Bonchev–Trinajstić information content (AvgIpc) is 2.50. The predicted molar refractivity (Wildman–Crippen MR) is 83.7 cm³/mol. The third-order valence-electron chi connectivity index (χ3n) is 3.01. The molecule has 0 fully saturated rings. The van der Waals surface area contributed by atoms with Gasteiger partial charge in [-0.15, -0.1) is 0 Å². The molecule has 1 heterocycles. The summed E-state index contributed by atoms with van der Waals surface area (Å²) >= 11 is 0. The standard InChI is InChI=1S/C16H20N4O/c1-3-4-10-17-15(21)14-9-11-18-16(20-14)19-13-7-5-12(2)6-8-13/h5-9,11H,3-4,10H2,1-2H3,(H,17,21)(H,18,19,20). The quantitative estimate of drug-likeness (QED) is 0.800. The first-order valence-corrected chi connectivity index (χ1v) is 7.14. The summed E-state index contributed by atoms with van der Waals surface area (Å²) in [6, 6.07) is 9.52. The molecule has 1 aromatic heterocycles. The van der Waals surface area contributed by atoms with Gasteiger partial charge in [-0.3, -0.25) is 4.79 Å². The van der Waals surface area contributed by atoms with Gasteiger partial charge in [-0.1, -0.05) is 31.0 Å². The molecule has 5 heteroatoms. The summed E-state index contributed by atoms with van der Waals surface area (Å²) in [6.07, 6.45) is 3.59. The summed E-state index contributed by atoms with van der Waals surface area (Å²) in [5, 5.41) is 5.93. The number of carbonyl (C=O) groups is 1. The largest absolute Gasteiger partial charge is 0.351 e. The van der Waals surface area contributed by atoms with Crippen LogP contribution in [0.3, 0.4) is 0 Å². The molecule has 0 unspecified atom stereocenters. The number of aryl methyl sites for hydroxylation is 1. The van der Waals surface area contributed by atoms with Crippen LogP contribution in [-0.2, 0) is 0 Å². The molecule has 2 aromatic rings. The molecule has 5 nitrogen and oxygen atoms in total. The van der Waals surface area contributed by atoms with E-state index in [1.54, 1.807) is 12.3 Å². The number of amides is 1. The van der Waals surface area contributed by atoms with Crippen LogP contribution in [0.25, 0.3) is 0 Å². The van der Waals surface area contributed by atoms with Crippen molar-refractivity contribution in [1.29, 1.82) is 0 Å². The molecule has 0 radical (unpaired) electrons. The van der Waals surface area contributed by atoms with Gasteiger partial charge in [0, 0.05) is 18.4 Å². The Labute approximate surface area is 124 Å². The molecule has 110 valence electrons. The summed E-state index contributed by atoms with van der Waals surface area (Å²) in [4.78, 5) is 20.3. The second-order valence-corrected chi connectivity index (χ2v) is 4.87. The van der Waals surface area contributed by atoms with E-state index in [9.17, 15) is 4.79 Å². The van der Waals surface area contributed by atoms with E-state index in [2.05, 4.69) is 27.5 Å². The second-order valence-electron chi connectivity index (χ2n) is 4.87. The number of hydrogen-bond donors (Lipinski definition) is 2. The zero-order valence-electron chi connectivity index (χ0n) is 12.4. The maximum absolute atomic E-state index is 11.9. The molecular weight excluding hydrogens is 264 g/mol. The van der Waals surface area contributed by atoms with Gasteiger partial charge in [-0.25, -0.2) is 9.97 Å². The first-order chi connectivity index (χ1) is 10.2. The molecule has 0 aliphatic heterocycles. The van der Waals surface area contributed by atoms with Gasteiger partial charge in [-0.2, -0.15) is 0 Å². The molecule has 0 saturated heterocycles. The number of hydrogen-bond acceptors (Lipinski definition) is 4. The third kappa shape index (κ3) is 4.56. The molecule has 1 aromatic carbocycles. The summed E-state index contributed by atoms with van der Waals surface area (Å²) in [5.74, 6) is 0.250. The highest BCUT2D eigenvalue weighted by Crippen LogP contribution is 2.13. The Morgan fingerprint density at radius 2 is 1.95 bits per heavy atom. The van der Waals surface area contributed by atoms with E-state index < -0.39 is 0 Å². The minimum atomic E-state index is -0.169. The molecule has 0 atom stereocenters. The Morgan fingerprint density at radius 3 is 2.67 bits per heavy atom. The average molecular weight is 284 g/mol. The van der Waals surface area contributed by atoms with E-state index in [-0.39, 0.29) is 5.91 Å². The van der Waals surface area contributed by atoms with Crippen LogP contribution in [0.1, 0.15) is 35.8 Å². The molecule has 21 heavy (non-hydrogen) atoms. The first-order valence-electron chi connectivity index (χ1n) is 7.14. The van der Waals surface area contributed by atoms with Crippen LogP contribution < -0.4 is 10.6 Å². The van der Waals surface area contributed by atoms with Crippen LogP contribution in [-0.4, -0.2) is 22.4 Å². The SMILES string of the molecule is CCCCNC(=O)c1ccnc(Nc2ccc(C)cc2)n1. The molecule has 0 bridgehead atoms. The van der Waals surface area contributed by atoms with Crippen molar-refractivity contribution in [1.82, 2.24) is 15.3 Å².